The maximum atomic E-state index is 5.18. The molecule has 0 N–H and O–H groups in total. The van der Waals surface area contributed by atoms with Crippen LogP contribution in [0.25, 0.3) is 5.82 Å². The van der Waals surface area contributed by atoms with Gasteiger partial charge in [0, 0.05) is 11.6 Å². The zero-order valence-electron chi connectivity index (χ0n) is 13.5. The number of hydrogen-bond donors (Lipinski definition) is 0. The highest BCUT2D eigenvalue weighted by Crippen LogP contribution is 2.21. The summed E-state index contributed by atoms with van der Waals surface area (Å²) in [6.07, 6.45) is 0. The van der Waals surface area contributed by atoms with Crippen LogP contribution in [-0.2, 0) is 5.75 Å². The molecule has 23 heavy (non-hydrogen) atoms. The summed E-state index contributed by atoms with van der Waals surface area (Å²) >= 11 is 1.52. The van der Waals surface area contributed by atoms with Crippen molar-refractivity contribution < 1.29 is 4.52 Å². The van der Waals surface area contributed by atoms with E-state index in [-0.39, 0.29) is 5.92 Å². The van der Waals surface area contributed by atoms with Crippen molar-refractivity contribution in [3.8, 4) is 5.82 Å². The highest BCUT2D eigenvalue weighted by Gasteiger charge is 2.11. The highest BCUT2D eigenvalue weighted by atomic mass is 32.2. The Labute approximate surface area is 138 Å². The van der Waals surface area contributed by atoms with E-state index >= 15 is 0 Å². The topological polar surface area (TPSA) is 82.5 Å². The van der Waals surface area contributed by atoms with E-state index in [0.717, 1.165) is 16.4 Å². The van der Waals surface area contributed by atoms with E-state index in [2.05, 4.69) is 25.4 Å². The molecular weight excluding hydrogens is 312 g/mol. The number of thioether (sulfide) groups is 1. The summed E-state index contributed by atoms with van der Waals surface area (Å²) in [6, 6.07) is 5.84. The van der Waals surface area contributed by atoms with Gasteiger partial charge in [-0.2, -0.15) is 10.1 Å². The first-order chi connectivity index (χ1) is 11.0. The van der Waals surface area contributed by atoms with Crippen molar-refractivity contribution in [2.45, 2.75) is 44.4 Å². The van der Waals surface area contributed by atoms with Crippen LogP contribution in [0.2, 0.25) is 0 Å². The molecule has 8 heteroatoms. The Hall–Kier alpha value is -2.22. The summed E-state index contributed by atoms with van der Waals surface area (Å²) in [6.45, 7) is 7.99. The molecule has 0 bridgehead atoms. The second kappa shape index (κ2) is 6.49. The maximum Gasteiger partial charge on any atom is 0.229 e. The van der Waals surface area contributed by atoms with Crippen LogP contribution < -0.4 is 0 Å². The third-order valence-corrected chi connectivity index (χ3v) is 4.10. The molecule has 0 unspecified atom stereocenters. The fraction of sp³-hybridized carbons (Fsp3) is 0.400. The van der Waals surface area contributed by atoms with Crippen molar-refractivity contribution in [2.24, 2.45) is 0 Å². The Morgan fingerprint density at radius 2 is 2.04 bits per heavy atom. The minimum absolute atomic E-state index is 0.237. The van der Waals surface area contributed by atoms with E-state index in [1.807, 2.05) is 45.9 Å². The fourth-order valence-corrected chi connectivity index (χ4v) is 2.72. The summed E-state index contributed by atoms with van der Waals surface area (Å²) in [5.74, 6) is 2.88. The summed E-state index contributed by atoms with van der Waals surface area (Å²) in [4.78, 5) is 4.34. The molecule has 7 nitrogen and oxygen atoms in total. The van der Waals surface area contributed by atoms with E-state index < -0.39 is 0 Å². The van der Waals surface area contributed by atoms with Gasteiger partial charge < -0.3 is 4.52 Å². The minimum atomic E-state index is 0.237. The van der Waals surface area contributed by atoms with E-state index in [1.54, 1.807) is 4.68 Å². The van der Waals surface area contributed by atoms with Crippen molar-refractivity contribution in [1.82, 2.24) is 30.1 Å². The van der Waals surface area contributed by atoms with Crippen LogP contribution in [-0.4, -0.2) is 30.1 Å². The number of aromatic nitrogens is 6. The molecule has 3 aromatic heterocycles. The van der Waals surface area contributed by atoms with Crippen LogP contribution in [0.3, 0.4) is 0 Å². The Balaban J connectivity index is 1.66. The van der Waals surface area contributed by atoms with Crippen molar-refractivity contribution in [3.63, 3.8) is 0 Å². The van der Waals surface area contributed by atoms with Gasteiger partial charge in [0.15, 0.2) is 11.6 Å². The van der Waals surface area contributed by atoms with Gasteiger partial charge in [-0.25, -0.2) is 4.68 Å². The molecule has 0 saturated carbocycles. The number of aryl methyl sites for hydroxylation is 2. The lowest BCUT2D eigenvalue weighted by Gasteiger charge is -2.03. The van der Waals surface area contributed by atoms with Gasteiger partial charge in [0.25, 0.3) is 0 Å². The van der Waals surface area contributed by atoms with Gasteiger partial charge in [0.05, 0.1) is 11.4 Å². The Bertz CT molecular complexity index is 793. The molecule has 0 aliphatic heterocycles. The number of nitrogens with zero attached hydrogens (tertiary/aromatic N) is 6. The van der Waals surface area contributed by atoms with Crippen LogP contribution in [0.4, 0.5) is 0 Å². The second-order valence-corrected chi connectivity index (χ2v) is 6.56. The zero-order valence-corrected chi connectivity index (χ0v) is 14.3. The van der Waals surface area contributed by atoms with Gasteiger partial charge in [0.2, 0.25) is 5.89 Å². The van der Waals surface area contributed by atoms with E-state index in [0.29, 0.717) is 23.3 Å². The first-order valence-corrected chi connectivity index (χ1v) is 8.34. The smallest absolute Gasteiger partial charge is 0.229 e. The zero-order chi connectivity index (χ0) is 16.4. The van der Waals surface area contributed by atoms with Gasteiger partial charge in [-0.3, -0.25) is 0 Å². The van der Waals surface area contributed by atoms with Crippen molar-refractivity contribution in [2.75, 3.05) is 0 Å². The molecule has 3 heterocycles. The maximum absolute atomic E-state index is 5.18. The van der Waals surface area contributed by atoms with Gasteiger partial charge in [-0.1, -0.05) is 30.8 Å². The van der Waals surface area contributed by atoms with Crippen LogP contribution >= 0.6 is 11.8 Å². The Morgan fingerprint density at radius 3 is 2.61 bits per heavy atom. The largest absolute Gasteiger partial charge is 0.339 e. The lowest BCUT2D eigenvalue weighted by molar-refractivity contribution is 0.362. The molecule has 120 valence electrons. The van der Waals surface area contributed by atoms with Crippen molar-refractivity contribution >= 4 is 11.8 Å². The Kier molecular flexibility index (Phi) is 4.42. The van der Waals surface area contributed by atoms with Crippen molar-refractivity contribution in [1.29, 1.82) is 0 Å². The van der Waals surface area contributed by atoms with Crippen LogP contribution in [0.1, 0.15) is 42.9 Å². The average molecular weight is 330 g/mol. The normalized spacial score (nSPS) is 11.3. The molecule has 0 aromatic carbocycles. The monoisotopic (exact) mass is 330 g/mol. The summed E-state index contributed by atoms with van der Waals surface area (Å²) in [5.41, 5.74) is 1.99. The molecule has 3 aromatic rings. The van der Waals surface area contributed by atoms with Gasteiger partial charge >= 0.3 is 0 Å². The first-order valence-electron chi connectivity index (χ1n) is 7.35. The van der Waals surface area contributed by atoms with Gasteiger partial charge in [0.1, 0.15) is 5.03 Å². The quantitative estimate of drug-likeness (QED) is 0.665. The lowest BCUT2D eigenvalue weighted by Crippen LogP contribution is -2.03. The minimum Gasteiger partial charge on any atom is -0.339 e. The molecule has 0 aliphatic carbocycles. The van der Waals surface area contributed by atoms with Crippen LogP contribution in [0.15, 0.2) is 27.7 Å². The SMILES string of the molecule is Cc1cc(C)n(-c2ccc(SCc3noc(C(C)C)n3)nn2)n1. The Morgan fingerprint density at radius 1 is 1.22 bits per heavy atom. The molecule has 0 fully saturated rings. The molecular formula is C15H18N6OS. The second-order valence-electron chi connectivity index (χ2n) is 5.56. The molecule has 0 aliphatic rings. The van der Waals surface area contributed by atoms with E-state index in [1.165, 1.54) is 11.8 Å². The molecule has 0 amide bonds. The van der Waals surface area contributed by atoms with Crippen molar-refractivity contribution in [3.05, 3.63) is 41.3 Å². The summed E-state index contributed by atoms with van der Waals surface area (Å²) in [7, 11) is 0. The average Bonchev–Trinajstić information content (AvgIpc) is 3.12. The molecule has 0 saturated heterocycles. The van der Waals surface area contributed by atoms with E-state index in [4.69, 9.17) is 4.52 Å². The standard InChI is InChI=1S/C15H18N6OS/c1-9(2)15-16-12(20-22-15)8-23-14-6-5-13(17-18-14)21-11(4)7-10(3)19-21/h5-7,9H,8H2,1-4H3. The summed E-state index contributed by atoms with van der Waals surface area (Å²) < 4.78 is 6.97. The first kappa shape index (κ1) is 15.7. The molecule has 0 radical (unpaired) electrons. The third-order valence-electron chi connectivity index (χ3n) is 3.18. The van der Waals surface area contributed by atoms with E-state index in [9.17, 15) is 0 Å². The highest BCUT2D eigenvalue weighted by molar-refractivity contribution is 7.98. The molecule has 0 spiro atoms. The fourth-order valence-electron chi connectivity index (χ4n) is 2.06. The third kappa shape index (κ3) is 3.58. The predicted octanol–water partition coefficient (Wildman–Crippen LogP) is 3.08. The molecule has 3 rings (SSSR count). The lowest BCUT2D eigenvalue weighted by atomic mass is 10.2. The van der Waals surface area contributed by atoms with Gasteiger partial charge in [-0.15, -0.1) is 10.2 Å². The number of hydrogen-bond acceptors (Lipinski definition) is 7. The number of rotatable bonds is 5. The van der Waals surface area contributed by atoms with Crippen LogP contribution in [0, 0.1) is 13.8 Å². The summed E-state index contributed by atoms with van der Waals surface area (Å²) in [5, 5.41) is 17.6. The molecule has 0 atom stereocenters. The van der Waals surface area contributed by atoms with Crippen LogP contribution in [0.5, 0.6) is 0 Å². The van der Waals surface area contributed by atoms with Gasteiger partial charge in [-0.05, 0) is 32.0 Å². The predicted molar refractivity (Wildman–Crippen MR) is 86.6 cm³/mol.